The first-order valence-electron chi connectivity index (χ1n) is 6.89. The Balaban J connectivity index is 2.14. The van der Waals surface area contributed by atoms with Gasteiger partial charge in [0.25, 0.3) is 0 Å². The van der Waals surface area contributed by atoms with E-state index in [1.807, 2.05) is 44.2 Å². The van der Waals surface area contributed by atoms with Gasteiger partial charge in [-0.2, -0.15) is 0 Å². The molecule has 0 fully saturated rings. The molecule has 0 radical (unpaired) electrons. The molecule has 0 amide bonds. The molecule has 1 heterocycles. The Bertz CT molecular complexity index is 695. The van der Waals surface area contributed by atoms with E-state index >= 15 is 0 Å². The average molecular weight is 334 g/mol. The maximum Gasteiger partial charge on any atom is 0.340 e. The molecule has 1 aromatic carbocycles. The molecule has 2 aromatic rings. The fraction of sp³-hybridized carbons (Fsp3) is 0.250. The van der Waals surface area contributed by atoms with Crippen molar-refractivity contribution in [1.29, 1.82) is 0 Å². The molecule has 0 atom stereocenters. The molecule has 4 nitrogen and oxygen atoms in total. The average Bonchev–Trinajstić information content (AvgIpc) is 2.89. The summed E-state index contributed by atoms with van der Waals surface area (Å²) in [6, 6.07) is 9.76. The number of aryl methyl sites for hydroxylation is 2. The number of carbonyl (C=O) groups excluding carboxylic acids is 1. The third-order valence-corrected chi connectivity index (χ3v) is 4.44. The molecule has 22 heavy (non-hydrogen) atoms. The Kier molecular flexibility index (Phi) is 5.51. The van der Waals surface area contributed by atoms with Gasteiger partial charge < -0.3 is 15.4 Å². The zero-order valence-corrected chi connectivity index (χ0v) is 14.4. The zero-order chi connectivity index (χ0) is 16.1. The summed E-state index contributed by atoms with van der Waals surface area (Å²) in [5, 5.41) is 7.35. The summed E-state index contributed by atoms with van der Waals surface area (Å²) in [6.07, 6.45) is 0.856. The first-order chi connectivity index (χ1) is 10.5. The maximum absolute atomic E-state index is 11.8. The lowest BCUT2D eigenvalue weighted by Crippen LogP contribution is -2.19. The van der Waals surface area contributed by atoms with Gasteiger partial charge in [-0.3, -0.25) is 0 Å². The molecule has 0 saturated heterocycles. The molecule has 0 unspecified atom stereocenters. The monoisotopic (exact) mass is 334 g/mol. The number of carbonyl (C=O) groups is 1. The summed E-state index contributed by atoms with van der Waals surface area (Å²) in [6.45, 7) is 4.06. The standard InChI is InChI=1S/C16H18N2O2S2/c1-4-12-9-13(15(19)20-3)14(22-12)18-16(21)17-11-7-5-6-10(2)8-11/h5-9H,4H2,1-3H3,(H2,17,18,21). The van der Waals surface area contributed by atoms with Gasteiger partial charge in [0.2, 0.25) is 0 Å². The van der Waals surface area contributed by atoms with Crippen molar-refractivity contribution < 1.29 is 9.53 Å². The summed E-state index contributed by atoms with van der Waals surface area (Å²) >= 11 is 6.83. The largest absolute Gasteiger partial charge is 0.465 e. The molecule has 1 aromatic heterocycles. The lowest BCUT2D eigenvalue weighted by molar-refractivity contribution is 0.0602. The zero-order valence-electron chi connectivity index (χ0n) is 12.7. The van der Waals surface area contributed by atoms with E-state index in [-0.39, 0.29) is 5.97 Å². The SMILES string of the molecule is CCc1cc(C(=O)OC)c(NC(=S)Nc2cccc(C)c2)s1. The highest BCUT2D eigenvalue weighted by molar-refractivity contribution is 7.80. The van der Waals surface area contributed by atoms with Crippen LogP contribution in [0, 0.1) is 6.92 Å². The van der Waals surface area contributed by atoms with Crippen LogP contribution < -0.4 is 10.6 Å². The van der Waals surface area contributed by atoms with Crippen LogP contribution in [-0.4, -0.2) is 18.2 Å². The molecular formula is C16H18N2O2S2. The van der Waals surface area contributed by atoms with Gasteiger partial charge >= 0.3 is 5.97 Å². The summed E-state index contributed by atoms with van der Waals surface area (Å²) in [4.78, 5) is 12.9. The third-order valence-electron chi connectivity index (χ3n) is 3.04. The summed E-state index contributed by atoms with van der Waals surface area (Å²) in [5.74, 6) is -0.364. The van der Waals surface area contributed by atoms with E-state index in [2.05, 4.69) is 10.6 Å². The molecule has 116 valence electrons. The Morgan fingerprint density at radius 1 is 1.32 bits per heavy atom. The number of benzene rings is 1. The van der Waals surface area contributed by atoms with Crippen LogP contribution in [0.25, 0.3) is 0 Å². The normalized spacial score (nSPS) is 10.1. The summed E-state index contributed by atoms with van der Waals surface area (Å²) < 4.78 is 4.81. The van der Waals surface area contributed by atoms with Crippen LogP contribution in [0.5, 0.6) is 0 Å². The molecule has 0 aliphatic rings. The number of thiocarbonyl (C=S) groups is 1. The van der Waals surface area contributed by atoms with Crippen molar-refractivity contribution >= 4 is 45.3 Å². The first-order valence-corrected chi connectivity index (χ1v) is 8.11. The second-order valence-corrected chi connectivity index (χ2v) is 6.29. The Morgan fingerprint density at radius 2 is 2.09 bits per heavy atom. The van der Waals surface area contributed by atoms with Gasteiger partial charge in [-0.25, -0.2) is 4.79 Å². The molecular weight excluding hydrogens is 316 g/mol. The third kappa shape index (κ3) is 4.05. The summed E-state index contributed by atoms with van der Waals surface area (Å²) in [7, 11) is 1.37. The molecule has 0 aliphatic carbocycles. The highest BCUT2D eigenvalue weighted by Crippen LogP contribution is 2.29. The van der Waals surface area contributed by atoms with Gasteiger partial charge in [0.1, 0.15) is 5.00 Å². The fourth-order valence-corrected chi connectivity index (χ4v) is 3.23. The van der Waals surface area contributed by atoms with Crippen LogP contribution in [0.4, 0.5) is 10.7 Å². The number of hydrogen-bond donors (Lipinski definition) is 2. The maximum atomic E-state index is 11.8. The van der Waals surface area contributed by atoms with Crippen LogP contribution in [-0.2, 0) is 11.2 Å². The van der Waals surface area contributed by atoms with Gasteiger partial charge in [-0.05, 0) is 49.3 Å². The Labute approximate surface area is 139 Å². The molecule has 2 rings (SSSR count). The molecule has 2 N–H and O–H groups in total. The van der Waals surface area contributed by atoms with Crippen molar-refractivity contribution in [1.82, 2.24) is 0 Å². The first kappa shape index (κ1) is 16.5. The van der Waals surface area contributed by atoms with E-state index in [0.717, 1.165) is 22.5 Å². The lowest BCUT2D eigenvalue weighted by Gasteiger charge is -2.10. The van der Waals surface area contributed by atoms with E-state index in [1.165, 1.54) is 18.4 Å². The van der Waals surface area contributed by atoms with Crippen molar-refractivity contribution in [2.45, 2.75) is 20.3 Å². The number of anilines is 2. The molecule has 0 spiro atoms. The van der Waals surface area contributed by atoms with Crippen LogP contribution in [0.3, 0.4) is 0 Å². The van der Waals surface area contributed by atoms with E-state index in [9.17, 15) is 4.79 Å². The minimum absolute atomic E-state index is 0.364. The van der Waals surface area contributed by atoms with Gasteiger partial charge in [0, 0.05) is 10.6 Å². The van der Waals surface area contributed by atoms with Crippen LogP contribution in [0.1, 0.15) is 27.7 Å². The smallest absolute Gasteiger partial charge is 0.340 e. The quantitative estimate of drug-likeness (QED) is 0.648. The molecule has 0 saturated carbocycles. The number of nitrogens with one attached hydrogen (secondary N) is 2. The number of hydrogen-bond acceptors (Lipinski definition) is 4. The molecule has 6 heteroatoms. The summed E-state index contributed by atoms with van der Waals surface area (Å²) in [5.41, 5.74) is 2.56. The van der Waals surface area contributed by atoms with Gasteiger partial charge in [0.05, 0.1) is 12.7 Å². The fourth-order valence-electron chi connectivity index (χ4n) is 1.96. The molecule has 0 aliphatic heterocycles. The number of esters is 1. The predicted molar refractivity (Wildman–Crippen MR) is 96.1 cm³/mol. The van der Waals surface area contributed by atoms with Gasteiger partial charge in [-0.15, -0.1) is 11.3 Å². The van der Waals surface area contributed by atoms with Crippen LogP contribution in [0.15, 0.2) is 30.3 Å². The van der Waals surface area contributed by atoms with Crippen LogP contribution in [0.2, 0.25) is 0 Å². The number of ether oxygens (including phenoxy) is 1. The minimum atomic E-state index is -0.364. The topological polar surface area (TPSA) is 50.4 Å². The van der Waals surface area contributed by atoms with E-state index in [1.54, 1.807) is 0 Å². The van der Waals surface area contributed by atoms with Crippen molar-refractivity contribution in [2.75, 3.05) is 17.7 Å². The van der Waals surface area contributed by atoms with Gasteiger partial charge in [0.15, 0.2) is 5.11 Å². The second kappa shape index (κ2) is 7.38. The van der Waals surface area contributed by atoms with Crippen molar-refractivity contribution in [2.24, 2.45) is 0 Å². The van der Waals surface area contributed by atoms with Crippen molar-refractivity contribution in [3.05, 3.63) is 46.3 Å². The predicted octanol–water partition coefficient (Wildman–Crippen LogP) is 4.21. The van der Waals surface area contributed by atoms with Crippen molar-refractivity contribution in [3.63, 3.8) is 0 Å². The number of rotatable bonds is 4. The van der Waals surface area contributed by atoms with Gasteiger partial charge in [-0.1, -0.05) is 19.1 Å². The lowest BCUT2D eigenvalue weighted by atomic mass is 10.2. The Morgan fingerprint density at radius 3 is 2.73 bits per heavy atom. The van der Waals surface area contributed by atoms with E-state index in [4.69, 9.17) is 17.0 Å². The van der Waals surface area contributed by atoms with E-state index in [0.29, 0.717) is 15.7 Å². The van der Waals surface area contributed by atoms with Crippen LogP contribution >= 0.6 is 23.6 Å². The minimum Gasteiger partial charge on any atom is -0.465 e. The van der Waals surface area contributed by atoms with E-state index < -0.39 is 0 Å². The second-order valence-electron chi connectivity index (χ2n) is 4.75. The Hall–Kier alpha value is -1.92. The molecule has 0 bridgehead atoms. The number of thiophene rings is 1. The van der Waals surface area contributed by atoms with Crippen molar-refractivity contribution in [3.8, 4) is 0 Å². The highest BCUT2D eigenvalue weighted by atomic mass is 32.1. The number of methoxy groups -OCH3 is 1. The highest BCUT2D eigenvalue weighted by Gasteiger charge is 2.17.